The highest BCUT2D eigenvalue weighted by Gasteiger charge is 2.30. The summed E-state index contributed by atoms with van der Waals surface area (Å²) in [4.78, 5) is 45.5. The molecule has 0 spiro atoms. The Labute approximate surface area is 93.8 Å². The molecule has 1 saturated heterocycles. The van der Waals surface area contributed by atoms with Crippen LogP contribution in [0.2, 0.25) is 0 Å². The Hall–Kier alpha value is -1.52. The third kappa shape index (κ3) is 2.98. The quantitative estimate of drug-likeness (QED) is 0.482. The molecule has 0 N–H and O–H groups in total. The van der Waals surface area contributed by atoms with Crippen molar-refractivity contribution < 1.29 is 19.2 Å². The van der Waals surface area contributed by atoms with Gasteiger partial charge in [-0.25, -0.2) is 0 Å². The van der Waals surface area contributed by atoms with E-state index in [4.69, 9.17) is 0 Å². The molecule has 2 amide bonds. The smallest absolute Gasteiger partial charge is 0.230 e. The van der Waals surface area contributed by atoms with Crippen molar-refractivity contribution in [3.8, 4) is 0 Å². The van der Waals surface area contributed by atoms with Crippen molar-refractivity contribution in [3.63, 3.8) is 0 Å². The zero-order chi connectivity index (χ0) is 12.1. The molecule has 1 atom stereocenters. The van der Waals surface area contributed by atoms with Gasteiger partial charge >= 0.3 is 0 Å². The maximum Gasteiger partial charge on any atom is 0.230 e. The lowest BCUT2D eigenvalue weighted by molar-refractivity contribution is -0.142. The predicted octanol–water partition coefficient (Wildman–Crippen LogP) is 0.320. The van der Waals surface area contributed by atoms with Crippen LogP contribution in [0.15, 0.2) is 0 Å². The van der Waals surface area contributed by atoms with Crippen LogP contribution in [-0.2, 0) is 19.2 Å². The van der Waals surface area contributed by atoms with E-state index in [2.05, 4.69) is 0 Å². The van der Waals surface area contributed by atoms with E-state index in [1.165, 1.54) is 0 Å². The molecule has 0 bridgehead atoms. The van der Waals surface area contributed by atoms with Crippen LogP contribution >= 0.6 is 0 Å². The van der Waals surface area contributed by atoms with Gasteiger partial charge in [-0.1, -0.05) is 6.92 Å². The lowest BCUT2D eigenvalue weighted by Gasteiger charge is -2.13. The predicted molar refractivity (Wildman–Crippen MR) is 55.4 cm³/mol. The van der Waals surface area contributed by atoms with E-state index in [-0.39, 0.29) is 49.3 Å². The van der Waals surface area contributed by atoms with Crippen molar-refractivity contribution in [3.05, 3.63) is 0 Å². The number of imide groups is 1. The first-order valence-electron chi connectivity index (χ1n) is 5.38. The molecular weight excluding hydrogens is 210 g/mol. The first-order chi connectivity index (χ1) is 7.58. The Bertz CT molecular complexity index is 308. The molecule has 0 aromatic rings. The zero-order valence-electron chi connectivity index (χ0n) is 9.27. The number of nitrogens with zero attached hydrogens (tertiary/aromatic N) is 1. The van der Waals surface area contributed by atoms with E-state index >= 15 is 0 Å². The molecule has 1 fully saturated rings. The Morgan fingerprint density at radius 2 is 1.94 bits per heavy atom. The van der Waals surface area contributed by atoms with E-state index in [1.807, 2.05) is 6.92 Å². The summed E-state index contributed by atoms with van der Waals surface area (Å²) in [6.45, 7) is 1.64. The van der Waals surface area contributed by atoms with E-state index < -0.39 is 0 Å². The second-order valence-corrected chi connectivity index (χ2v) is 3.92. The van der Waals surface area contributed by atoms with Crippen LogP contribution in [0.25, 0.3) is 0 Å². The summed E-state index contributed by atoms with van der Waals surface area (Å²) in [5.41, 5.74) is 0. The van der Waals surface area contributed by atoms with Gasteiger partial charge in [0.1, 0.15) is 6.29 Å². The molecule has 0 aromatic heterocycles. The average molecular weight is 225 g/mol. The van der Waals surface area contributed by atoms with Gasteiger partial charge in [0.15, 0.2) is 5.78 Å². The van der Waals surface area contributed by atoms with Gasteiger partial charge in [0.25, 0.3) is 0 Å². The number of hydrogen-bond acceptors (Lipinski definition) is 4. The van der Waals surface area contributed by atoms with Crippen LogP contribution in [0, 0.1) is 5.92 Å². The van der Waals surface area contributed by atoms with E-state index in [9.17, 15) is 19.2 Å². The van der Waals surface area contributed by atoms with Gasteiger partial charge in [-0.2, -0.15) is 0 Å². The lowest BCUT2D eigenvalue weighted by atomic mass is 10.0. The fourth-order valence-corrected chi connectivity index (χ4v) is 1.62. The summed E-state index contributed by atoms with van der Waals surface area (Å²) in [5.74, 6) is -1.13. The van der Waals surface area contributed by atoms with Crippen LogP contribution in [0.1, 0.15) is 32.6 Å². The van der Waals surface area contributed by atoms with Gasteiger partial charge in [-0.15, -0.1) is 0 Å². The maximum atomic E-state index is 11.5. The molecule has 1 aliphatic heterocycles. The number of rotatable bonds is 6. The highest BCUT2D eigenvalue weighted by molar-refractivity contribution is 6.04. The SMILES string of the molecule is CCC(C=O)CC(=O)CN1C(=O)CCC1=O. The molecule has 0 saturated carbocycles. The van der Waals surface area contributed by atoms with Crippen molar-refractivity contribution in [2.24, 2.45) is 5.92 Å². The van der Waals surface area contributed by atoms with Gasteiger partial charge in [-0.05, 0) is 6.42 Å². The van der Waals surface area contributed by atoms with Crippen LogP contribution in [0.4, 0.5) is 0 Å². The number of carbonyl (C=O) groups is 4. The molecule has 16 heavy (non-hydrogen) atoms. The number of hydrogen-bond donors (Lipinski definition) is 0. The maximum absolute atomic E-state index is 11.5. The highest BCUT2D eigenvalue weighted by atomic mass is 16.2. The van der Waals surface area contributed by atoms with Crippen LogP contribution in [0.5, 0.6) is 0 Å². The first-order valence-corrected chi connectivity index (χ1v) is 5.38. The van der Waals surface area contributed by atoms with Crippen molar-refractivity contribution in [1.82, 2.24) is 4.90 Å². The molecule has 0 radical (unpaired) electrons. The standard InChI is InChI=1S/C11H15NO4/c1-2-8(7-13)5-9(14)6-12-10(15)3-4-11(12)16/h7-8H,2-6H2,1H3. The minimum atomic E-state index is -0.305. The molecular formula is C11H15NO4. The largest absolute Gasteiger partial charge is 0.303 e. The number of aldehydes is 1. The molecule has 1 heterocycles. The third-order valence-corrected chi connectivity index (χ3v) is 2.70. The van der Waals surface area contributed by atoms with Gasteiger partial charge in [0, 0.05) is 25.2 Å². The summed E-state index contributed by atoms with van der Waals surface area (Å²) in [5, 5.41) is 0. The van der Waals surface area contributed by atoms with Crippen LogP contribution in [-0.4, -0.2) is 35.3 Å². The molecule has 1 aliphatic rings. The molecule has 0 aliphatic carbocycles. The molecule has 5 heteroatoms. The van der Waals surface area contributed by atoms with E-state index in [1.54, 1.807) is 0 Å². The van der Waals surface area contributed by atoms with Crippen molar-refractivity contribution in [2.45, 2.75) is 32.6 Å². The number of ketones is 1. The fraction of sp³-hybridized carbons (Fsp3) is 0.636. The van der Waals surface area contributed by atoms with Gasteiger partial charge in [0.2, 0.25) is 11.8 Å². The van der Waals surface area contributed by atoms with Crippen LogP contribution in [0.3, 0.4) is 0 Å². The van der Waals surface area contributed by atoms with E-state index in [0.29, 0.717) is 6.42 Å². The first kappa shape index (κ1) is 12.5. The van der Waals surface area contributed by atoms with Crippen molar-refractivity contribution in [1.29, 1.82) is 0 Å². The molecule has 0 aromatic carbocycles. The molecule has 1 unspecified atom stereocenters. The molecule has 88 valence electrons. The topological polar surface area (TPSA) is 71.5 Å². The summed E-state index contributed by atoms with van der Waals surface area (Å²) in [7, 11) is 0. The van der Waals surface area contributed by atoms with Gasteiger partial charge < -0.3 is 4.79 Å². The molecule has 5 nitrogen and oxygen atoms in total. The summed E-state index contributed by atoms with van der Waals surface area (Å²) >= 11 is 0. The number of carbonyl (C=O) groups excluding carboxylic acids is 4. The van der Waals surface area contributed by atoms with E-state index in [0.717, 1.165) is 11.2 Å². The zero-order valence-corrected chi connectivity index (χ0v) is 9.27. The van der Waals surface area contributed by atoms with Crippen molar-refractivity contribution in [2.75, 3.05) is 6.54 Å². The number of Topliss-reactive ketones (excluding diaryl/α,β-unsaturated/α-hetero) is 1. The fourth-order valence-electron chi connectivity index (χ4n) is 1.62. The monoisotopic (exact) mass is 225 g/mol. The summed E-state index contributed by atoms with van der Waals surface area (Å²) < 4.78 is 0. The normalized spacial score (nSPS) is 17.7. The van der Waals surface area contributed by atoms with Crippen molar-refractivity contribution >= 4 is 23.9 Å². The Morgan fingerprint density at radius 3 is 2.38 bits per heavy atom. The Morgan fingerprint density at radius 1 is 1.38 bits per heavy atom. The number of amides is 2. The minimum absolute atomic E-state index is 0.108. The number of likely N-dealkylation sites (tertiary alicyclic amines) is 1. The minimum Gasteiger partial charge on any atom is -0.303 e. The summed E-state index contributed by atoms with van der Waals surface area (Å²) in [6, 6.07) is 0. The third-order valence-electron chi connectivity index (χ3n) is 2.70. The Balaban J connectivity index is 2.47. The lowest BCUT2D eigenvalue weighted by Crippen LogP contribution is -2.35. The second kappa shape index (κ2) is 5.53. The van der Waals surface area contributed by atoms with Crippen LogP contribution < -0.4 is 0 Å². The van der Waals surface area contributed by atoms with Gasteiger partial charge in [-0.3, -0.25) is 19.3 Å². The Kier molecular flexibility index (Phi) is 4.34. The summed E-state index contributed by atoms with van der Waals surface area (Å²) in [6.07, 6.45) is 1.83. The van der Waals surface area contributed by atoms with Gasteiger partial charge in [0.05, 0.1) is 6.54 Å². The molecule has 1 rings (SSSR count). The average Bonchev–Trinajstić information content (AvgIpc) is 2.57. The highest BCUT2D eigenvalue weighted by Crippen LogP contribution is 2.13. The second-order valence-electron chi connectivity index (χ2n) is 3.92.